The van der Waals surface area contributed by atoms with E-state index in [1.165, 1.54) is 0 Å². The fraction of sp³-hybridized carbons (Fsp3) is 0.857. The van der Waals surface area contributed by atoms with Gasteiger partial charge in [-0.25, -0.2) is 0 Å². The monoisotopic (exact) mass is 238 g/mol. The maximum Gasteiger partial charge on any atom is 0.305 e. The van der Waals surface area contributed by atoms with Crippen LogP contribution in [0.1, 0.15) is 52.9 Å². The molecule has 0 aromatic rings. The molecule has 2 fully saturated rings. The fourth-order valence-electron chi connectivity index (χ4n) is 3.90. The van der Waals surface area contributed by atoms with Crippen molar-refractivity contribution in [1.82, 2.24) is 0 Å². The lowest BCUT2D eigenvalue weighted by atomic mass is 9.66. The highest BCUT2D eigenvalue weighted by atomic mass is 16.5. The number of carbonyl (C=O) groups excluding carboxylic acids is 2. The number of ether oxygens (including phenoxy) is 1. The Morgan fingerprint density at radius 2 is 2.18 bits per heavy atom. The van der Waals surface area contributed by atoms with Crippen molar-refractivity contribution < 1.29 is 14.3 Å². The molecule has 0 aromatic carbocycles. The van der Waals surface area contributed by atoms with E-state index in [-0.39, 0.29) is 16.8 Å². The molecule has 2 unspecified atom stereocenters. The van der Waals surface area contributed by atoms with Crippen molar-refractivity contribution in [2.45, 2.75) is 52.9 Å². The summed E-state index contributed by atoms with van der Waals surface area (Å²) in [5.74, 6) is 0.737. The average Bonchev–Trinajstić information content (AvgIpc) is 2.60. The molecule has 0 aliphatic heterocycles. The Bertz CT molecular complexity index is 345. The first-order valence-electron chi connectivity index (χ1n) is 6.63. The molecule has 0 amide bonds. The van der Waals surface area contributed by atoms with Gasteiger partial charge in [-0.2, -0.15) is 0 Å². The molecule has 2 rings (SSSR count). The van der Waals surface area contributed by atoms with Crippen molar-refractivity contribution in [1.29, 1.82) is 0 Å². The van der Waals surface area contributed by atoms with Crippen molar-refractivity contribution >= 4 is 11.8 Å². The van der Waals surface area contributed by atoms with Crippen LogP contribution >= 0.6 is 0 Å². The summed E-state index contributed by atoms with van der Waals surface area (Å²) in [6.07, 6.45) is 3.88. The molecule has 0 N–H and O–H groups in total. The Labute approximate surface area is 103 Å². The molecular formula is C14H22O3. The largest absolute Gasteiger partial charge is 0.466 e. The number of Topliss-reactive ketones (excluding diaryl/α,β-unsaturated/α-hetero) is 1. The Hall–Kier alpha value is -0.860. The summed E-state index contributed by atoms with van der Waals surface area (Å²) >= 11 is 0. The lowest BCUT2D eigenvalue weighted by Gasteiger charge is -2.36. The number of hydrogen-bond donors (Lipinski definition) is 0. The van der Waals surface area contributed by atoms with Crippen molar-refractivity contribution in [2.24, 2.45) is 16.7 Å². The Morgan fingerprint density at radius 1 is 1.47 bits per heavy atom. The zero-order valence-corrected chi connectivity index (χ0v) is 11.0. The molecule has 17 heavy (non-hydrogen) atoms. The first-order valence-corrected chi connectivity index (χ1v) is 6.63. The lowest BCUT2D eigenvalue weighted by Crippen LogP contribution is -2.36. The second-order valence-corrected chi connectivity index (χ2v) is 5.97. The molecule has 0 spiro atoms. The van der Waals surface area contributed by atoms with Crippen LogP contribution in [0.4, 0.5) is 0 Å². The van der Waals surface area contributed by atoms with Gasteiger partial charge in [-0.05, 0) is 37.5 Å². The van der Waals surface area contributed by atoms with E-state index >= 15 is 0 Å². The van der Waals surface area contributed by atoms with Crippen molar-refractivity contribution in [3.05, 3.63) is 0 Å². The molecule has 96 valence electrons. The van der Waals surface area contributed by atoms with Gasteiger partial charge < -0.3 is 4.74 Å². The fourth-order valence-corrected chi connectivity index (χ4v) is 3.90. The molecule has 0 saturated heterocycles. The average molecular weight is 238 g/mol. The molecule has 0 heterocycles. The van der Waals surface area contributed by atoms with Crippen LogP contribution in [0.3, 0.4) is 0 Å². The van der Waals surface area contributed by atoms with Gasteiger partial charge in [-0.1, -0.05) is 13.8 Å². The number of ketones is 1. The third-order valence-electron chi connectivity index (χ3n) is 5.20. The minimum absolute atomic E-state index is 0.0660. The van der Waals surface area contributed by atoms with E-state index in [1.807, 2.05) is 6.92 Å². The van der Waals surface area contributed by atoms with Gasteiger partial charge in [0.25, 0.3) is 0 Å². The van der Waals surface area contributed by atoms with E-state index in [4.69, 9.17) is 4.74 Å². The van der Waals surface area contributed by atoms with E-state index in [2.05, 4.69) is 13.8 Å². The summed E-state index contributed by atoms with van der Waals surface area (Å²) in [4.78, 5) is 23.6. The van der Waals surface area contributed by atoms with Gasteiger partial charge in [-0.15, -0.1) is 0 Å². The molecule has 2 atom stereocenters. The van der Waals surface area contributed by atoms with Gasteiger partial charge >= 0.3 is 5.97 Å². The number of rotatable bonds is 4. The predicted octanol–water partition coefficient (Wildman–Crippen LogP) is 2.73. The maximum atomic E-state index is 12.2. The van der Waals surface area contributed by atoms with Gasteiger partial charge in [-0.3, -0.25) is 9.59 Å². The van der Waals surface area contributed by atoms with Gasteiger partial charge in [0.15, 0.2) is 0 Å². The first kappa shape index (κ1) is 12.6. The van der Waals surface area contributed by atoms with Gasteiger partial charge in [0.2, 0.25) is 0 Å². The van der Waals surface area contributed by atoms with Crippen molar-refractivity contribution in [3.8, 4) is 0 Å². The van der Waals surface area contributed by atoms with Gasteiger partial charge in [0, 0.05) is 18.3 Å². The normalized spacial score (nSPS) is 34.1. The van der Waals surface area contributed by atoms with Crippen LogP contribution in [0.15, 0.2) is 0 Å². The number of hydrogen-bond acceptors (Lipinski definition) is 3. The van der Waals surface area contributed by atoms with E-state index in [0.717, 1.165) is 19.3 Å². The summed E-state index contributed by atoms with van der Waals surface area (Å²) < 4.78 is 4.96. The van der Waals surface area contributed by atoms with E-state index in [0.29, 0.717) is 31.1 Å². The molecule has 2 bridgehead atoms. The summed E-state index contributed by atoms with van der Waals surface area (Å²) in [7, 11) is 0. The van der Waals surface area contributed by atoms with Crippen LogP contribution in [0.25, 0.3) is 0 Å². The van der Waals surface area contributed by atoms with Crippen molar-refractivity contribution in [2.75, 3.05) is 6.61 Å². The van der Waals surface area contributed by atoms with Crippen LogP contribution in [0, 0.1) is 16.7 Å². The third kappa shape index (κ3) is 1.71. The SMILES string of the molecule is CCOC(=O)CCC12CCC(CC1=O)C2(C)C. The summed E-state index contributed by atoms with van der Waals surface area (Å²) in [5.41, 5.74) is -0.180. The standard InChI is InChI=1S/C14H22O3/c1-4-17-12(16)6-8-14-7-5-10(9-11(14)15)13(14,2)3/h10H,4-9H2,1-3H3. The number of fused-ring (bicyclic) bond motifs is 2. The number of esters is 1. The smallest absolute Gasteiger partial charge is 0.305 e. The second-order valence-electron chi connectivity index (χ2n) is 5.97. The van der Waals surface area contributed by atoms with Crippen LogP contribution in [-0.2, 0) is 14.3 Å². The quantitative estimate of drug-likeness (QED) is 0.707. The Balaban J connectivity index is 2.07. The first-order chi connectivity index (χ1) is 7.94. The van der Waals surface area contributed by atoms with Crippen LogP contribution in [-0.4, -0.2) is 18.4 Å². The molecule has 2 aliphatic rings. The second kappa shape index (κ2) is 4.11. The molecule has 2 saturated carbocycles. The highest BCUT2D eigenvalue weighted by Gasteiger charge is 2.63. The minimum atomic E-state index is -0.246. The van der Waals surface area contributed by atoms with Crippen molar-refractivity contribution in [3.63, 3.8) is 0 Å². The number of carbonyl (C=O) groups is 2. The highest BCUT2D eigenvalue weighted by molar-refractivity contribution is 5.90. The van der Waals surface area contributed by atoms with Gasteiger partial charge in [0.1, 0.15) is 5.78 Å². The zero-order chi connectivity index (χ0) is 12.7. The predicted molar refractivity (Wildman–Crippen MR) is 64.4 cm³/mol. The lowest BCUT2D eigenvalue weighted by molar-refractivity contribution is -0.144. The summed E-state index contributed by atoms with van der Waals surface area (Å²) in [5, 5.41) is 0. The molecule has 3 nitrogen and oxygen atoms in total. The Morgan fingerprint density at radius 3 is 2.65 bits per heavy atom. The molecule has 2 aliphatic carbocycles. The van der Waals surface area contributed by atoms with E-state index < -0.39 is 0 Å². The van der Waals surface area contributed by atoms with E-state index in [1.54, 1.807) is 0 Å². The summed E-state index contributed by atoms with van der Waals surface area (Å²) in [6, 6.07) is 0. The molecule has 0 aromatic heterocycles. The van der Waals surface area contributed by atoms with Crippen LogP contribution in [0.2, 0.25) is 0 Å². The van der Waals surface area contributed by atoms with Crippen LogP contribution in [0.5, 0.6) is 0 Å². The summed E-state index contributed by atoms with van der Waals surface area (Å²) in [6.45, 7) is 6.62. The molecule has 0 radical (unpaired) electrons. The minimum Gasteiger partial charge on any atom is -0.466 e. The Kier molecular flexibility index (Phi) is 3.04. The molecular weight excluding hydrogens is 216 g/mol. The van der Waals surface area contributed by atoms with Gasteiger partial charge in [0.05, 0.1) is 6.61 Å². The third-order valence-corrected chi connectivity index (χ3v) is 5.20. The van der Waals surface area contributed by atoms with E-state index in [9.17, 15) is 9.59 Å². The highest BCUT2D eigenvalue weighted by Crippen LogP contribution is 2.65. The molecule has 3 heteroatoms. The maximum absolute atomic E-state index is 12.2. The topological polar surface area (TPSA) is 43.4 Å². The zero-order valence-electron chi connectivity index (χ0n) is 11.0. The van der Waals surface area contributed by atoms with Crippen LogP contribution < -0.4 is 0 Å².